The van der Waals surface area contributed by atoms with E-state index >= 15 is 0 Å². The molecule has 0 radical (unpaired) electrons. The number of hydrogen-bond acceptors (Lipinski definition) is 8. The highest BCUT2D eigenvalue weighted by Crippen LogP contribution is 2.25. The Morgan fingerprint density at radius 1 is 1.06 bits per heavy atom. The van der Waals surface area contributed by atoms with Crippen LogP contribution in [0.3, 0.4) is 0 Å². The van der Waals surface area contributed by atoms with Gasteiger partial charge >= 0.3 is 0 Å². The molecular weight excluding hydrogens is 460 g/mol. The fourth-order valence-corrected chi connectivity index (χ4v) is 5.60. The Bertz CT molecular complexity index is 1340. The van der Waals surface area contributed by atoms with E-state index in [0.717, 1.165) is 5.56 Å². The van der Waals surface area contributed by atoms with Crippen molar-refractivity contribution in [2.75, 3.05) is 13.1 Å². The average molecular weight is 487 g/mol. The Morgan fingerprint density at radius 2 is 1.79 bits per heavy atom. The molecule has 3 aromatic heterocycles. The normalized spacial score (nSPS) is 12.3. The van der Waals surface area contributed by atoms with Crippen molar-refractivity contribution in [1.29, 1.82) is 0 Å². The van der Waals surface area contributed by atoms with E-state index in [1.165, 1.54) is 21.6 Å². The standard InChI is InChI=1S/C22H26N6O3S2/c1-5-27(6-2)33(29,30)18-11-12-19-24-25-22(28(19)13-18)32-14-20-23-21(26-31-20)17-9-7-16(8-10-17)15(3)4/h7-13,15H,5-6,14H2,1-4H3. The second-order valence-electron chi connectivity index (χ2n) is 7.74. The van der Waals surface area contributed by atoms with Crippen molar-refractivity contribution in [2.24, 2.45) is 0 Å². The van der Waals surface area contributed by atoms with Crippen LogP contribution < -0.4 is 0 Å². The zero-order valence-corrected chi connectivity index (χ0v) is 20.6. The summed E-state index contributed by atoms with van der Waals surface area (Å²) in [5.74, 6) is 1.81. The van der Waals surface area contributed by atoms with E-state index in [-0.39, 0.29) is 4.90 Å². The molecule has 174 valence electrons. The predicted octanol–water partition coefficient (Wildman–Crippen LogP) is 4.23. The van der Waals surface area contributed by atoms with Crippen molar-refractivity contribution < 1.29 is 12.9 Å². The van der Waals surface area contributed by atoms with Crippen LogP contribution in [-0.2, 0) is 15.8 Å². The molecule has 0 bridgehead atoms. The van der Waals surface area contributed by atoms with Crippen molar-refractivity contribution in [3.8, 4) is 11.4 Å². The number of pyridine rings is 1. The molecule has 0 aliphatic heterocycles. The average Bonchev–Trinajstić information content (AvgIpc) is 3.45. The topological polar surface area (TPSA) is 106 Å². The van der Waals surface area contributed by atoms with E-state index in [9.17, 15) is 8.42 Å². The molecule has 0 fully saturated rings. The van der Waals surface area contributed by atoms with Gasteiger partial charge in [-0.15, -0.1) is 10.2 Å². The second kappa shape index (κ2) is 9.62. The quantitative estimate of drug-likeness (QED) is 0.324. The van der Waals surface area contributed by atoms with Gasteiger partial charge in [0.2, 0.25) is 21.7 Å². The van der Waals surface area contributed by atoms with Gasteiger partial charge in [-0.2, -0.15) is 9.29 Å². The van der Waals surface area contributed by atoms with Crippen LogP contribution >= 0.6 is 11.8 Å². The highest BCUT2D eigenvalue weighted by atomic mass is 32.2. The molecule has 0 atom stereocenters. The lowest BCUT2D eigenvalue weighted by Crippen LogP contribution is -2.30. The van der Waals surface area contributed by atoms with E-state index in [4.69, 9.17) is 4.52 Å². The molecule has 1 aromatic carbocycles. The van der Waals surface area contributed by atoms with Crippen LogP contribution in [0.5, 0.6) is 0 Å². The lowest BCUT2D eigenvalue weighted by atomic mass is 10.0. The summed E-state index contributed by atoms with van der Waals surface area (Å²) in [6.45, 7) is 8.73. The Hall–Kier alpha value is -2.76. The lowest BCUT2D eigenvalue weighted by molar-refractivity contribution is 0.391. The first-order valence-electron chi connectivity index (χ1n) is 10.7. The van der Waals surface area contributed by atoms with Crippen molar-refractivity contribution in [3.05, 3.63) is 54.0 Å². The number of hydrogen-bond donors (Lipinski definition) is 0. The molecule has 0 N–H and O–H groups in total. The number of fused-ring (bicyclic) bond motifs is 1. The third-order valence-corrected chi connectivity index (χ3v) is 8.28. The van der Waals surface area contributed by atoms with Gasteiger partial charge in [-0.05, 0) is 23.6 Å². The van der Waals surface area contributed by atoms with Crippen molar-refractivity contribution in [3.63, 3.8) is 0 Å². The third kappa shape index (κ3) is 4.80. The van der Waals surface area contributed by atoms with E-state index in [1.807, 2.05) is 26.0 Å². The number of rotatable bonds is 9. The number of aromatic nitrogens is 5. The zero-order chi connectivity index (χ0) is 23.6. The van der Waals surface area contributed by atoms with Gasteiger partial charge in [-0.25, -0.2) is 8.42 Å². The van der Waals surface area contributed by atoms with E-state index in [0.29, 0.717) is 47.3 Å². The predicted molar refractivity (Wildman–Crippen MR) is 126 cm³/mol. The molecule has 0 amide bonds. The van der Waals surface area contributed by atoms with E-state index in [1.54, 1.807) is 22.7 Å². The SMILES string of the molecule is CCN(CC)S(=O)(=O)c1ccc2nnc(SCc3nc(-c4ccc(C(C)C)cc4)no3)n2c1. The highest BCUT2D eigenvalue weighted by molar-refractivity contribution is 7.98. The largest absolute Gasteiger partial charge is 0.338 e. The van der Waals surface area contributed by atoms with Crippen LogP contribution in [0.25, 0.3) is 17.0 Å². The number of sulfonamides is 1. The molecule has 0 saturated heterocycles. The second-order valence-corrected chi connectivity index (χ2v) is 10.6. The van der Waals surface area contributed by atoms with Crippen molar-refractivity contribution in [1.82, 2.24) is 29.0 Å². The number of nitrogens with zero attached hydrogens (tertiary/aromatic N) is 6. The molecule has 3 heterocycles. The molecule has 4 aromatic rings. The third-order valence-electron chi connectivity index (χ3n) is 5.32. The minimum atomic E-state index is -3.58. The number of thioether (sulfide) groups is 1. The molecule has 33 heavy (non-hydrogen) atoms. The molecule has 11 heteroatoms. The monoisotopic (exact) mass is 486 g/mol. The van der Waals surface area contributed by atoms with Crippen LogP contribution in [0.2, 0.25) is 0 Å². The fourth-order valence-electron chi connectivity index (χ4n) is 3.39. The smallest absolute Gasteiger partial charge is 0.244 e. The molecule has 0 saturated carbocycles. The highest BCUT2D eigenvalue weighted by Gasteiger charge is 2.23. The van der Waals surface area contributed by atoms with Gasteiger partial charge in [0.25, 0.3) is 0 Å². The molecule has 9 nitrogen and oxygen atoms in total. The summed E-state index contributed by atoms with van der Waals surface area (Å²) in [5.41, 5.74) is 2.70. The van der Waals surface area contributed by atoms with Gasteiger partial charge in [0.1, 0.15) is 0 Å². The molecule has 0 spiro atoms. The summed E-state index contributed by atoms with van der Waals surface area (Å²) in [6.07, 6.45) is 1.56. The summed E-state index contributed by atoms with van der Waals surface area (Å²) < 4.78 is 34.2. The maximum Gasteiger partial charge on any atom is 0.244 e. The number of benzene rings is 1. The molecule has 4 rings (SSSR count). The van der Waals surface area contributed by atoms with Crippen LogP contribution in [0.4, 0.5) is 0 Å². The van der Waals surface area contributed by atoms with Gasteiger partial charge in [-0.1, -0.05) is 68.9 Å². The first kappa shape index (κ1) is 23.4. The maximum atomic E-state index is 12.9. The van der Waals surface area contributed by atoms with Gasteiger partial charge in [-0.3, -0.25) is 4.40 Å². The van der Waals surface area contributed by atoms with Gasteiger partial charge in [0.15, 0.2) is 10.8 Å². The molecule has 0 unspecified atom stereocenters. The Kier molecular flexibility index (Phi) is 6.82. The summed E-state index contributed by atoms with van der Waals surface area (Å²) in [7, 11) is -3.58. The summed E-state index contributed by atoms with van der Waals surface area (Å²) >= 11 is 1.35. The van der Waals surface area contributed by atoms with Crippen LogP contribution in [0, 0.1) is 0 Å². The molecular formula is C22H26N6O3S2. The Morgan fingerprint density at radius 3 is 2.45 bits per heavy atom. The maximum absolute atomic E-state index is 12.9. The van der Waals surface area contributed by atoms with Crippen LogP contribution in [0.15, 0.2) is 57.2 Å². The first-order valence-corrected chi connectivity index (χ1v) is 13.2. The minimum absolute atomic E-state index is 0.199. The fraction of sp³-hybridized carbons (Fsp3) is 0.364. The Balaban J connectivity index is 1.52. The first-order chi connectivity index (χ1) is 15.8. The molecule has 0 aliphatic carbocycles. The molecule has 0 aliphatic rings. The minimum Gasteiger partial charge on any atom is -0.338 e. The summed E-state index contributed by atoms with van der Waals surface area (Å²) in [4.78, 5) is 4.68. The van der Waals surface area contributed by atoms with Gasteiger partial charge in [0.05, 0.1) is 10.6 Å². The van der Waals surface area contributed by atoms with Gasteiger partial charge in [0, 0.05) is 24.8 Å². The van der Waals surface area contributed by atoms with Crippen molar-refractivity contribution in [2.45, 2.75) is 49.4 Å². The van der Waals surface area contributed by atoms with E-state index in [2.05, 4.69) is 46.3 Å². The van der Waals surface area contributed by atoms with Crippen molar-refractivity contribution >= 4 is 27.4 Å². The zero-order valence-electron chi connectivity index (χ0n) is 19.0. The van der Waals surface area contributed by atoms with Crippen LogP contribution in [0.1, 0.15) is 45.1 Å². The summed E-state index contributed by atoms with van der Waals surface area (Å²) in [6, 6.07) is 11.3. The van der Waals surface area contributed by atoms with E-state index < -0.39 is 10.0 Å². The van der Waals surface area contributed by atoms with Crippen LogP contribution in [-0.4, -0.2) is 50.6 Å². The lowest BCUT2D eigenvalue weighted by Gasteiger charge is -2.18. The van der Waals surface area contributed by atoms with Gasteiger partial charge < -0.3 is 4.52 Å². The summed E-state index contributed by atoms with van der Waals surface area (Å²) in [5, 5.41) is 12.9. The Labute approximate surface area is 197 Å².